The molecule has 1 saturated carbocycles. The van der Waals surface area contributed by atoms with Crippen molar-refractivity contribution >= 4 is 12.4 Å². The van der Waals surface area contributed by atoms with Crippen LogP contribution in [0.25, 0.3) is 0 Å². The Kier molecular flexibility index (Phi) is 4.47. The maximum absolute atomic E-state index is 4.70. The Balaban J connectivity index is 2.11. The lowest BCUT2D eigenvalue weighted by molar-refractivity contribution is 0.0732. The molecule has 2 nitrogen and oxygen atoms in total. The van der Waals surface area contributed by atoms with E-state index >= 15 is 0 Å². The van der Waals surface area contributed by atoms with Gasteiger partial charge >= 0.3 is 0 Å². The third-order valence-electron chi connectivity index (χ3n) is 5.60. The van der Waals surface area contributed by atoms with Crippen molar-refractivity contribution in [3.8, 4) is 0 Å². The fourth-order valence-electron chi connectivity index (χ4n) is 3.42. The standard InChI is InChI=1S/C17H30N2/c1-16(2,3)17(4)10-7-5-6-8-14-15(9-11-17)19-13-12-18-14/h12-15H,5-11H2,1-4H3. The lowest BCUT2D eigenvalue weighted by Gasteiger charge is -2.44. The normalized spacial score (nSPS) is 36.8. The van der Waals surface area contributed by atoms with Crippen molar-refractivity contribution in [2.75, 3.05) is 0 Å². The molecular formula is C17H30N2. The molecule has 0 amide bonds. The van der Waals surface area contributed by atoms with Gasteiger partial charge in [-0.05, 0) is 36.5 Å². The second-order valence-corrected chi connectivity index (χ2v) is 7.68. The summed E-state index contributed by atoms with van der Waals surface area (Å²) in [5, 5.41) is 0. The molecular weight excluding hydrogens is 232 g/mol. The Morgan fingerprint density at radius 3 is 2.16 bits per heavy atom. The second-order valence-electron chi connectivity index (χ2n) is 7.68. The monoisotopic (exact) mass is 262 g/mol. The van der Waals surface area contributed by atoms with E-state index in [0.717, 1.165) is 0 Å². The third-order valence-corrected chi connectivity index (χ3v) is 5.60. The molecule has 1 heterocycles. The summed E-state index contributed by atoms with van der Waals surface area (Å²) in [6.45, 7) is 9.69. The molecule has 2 rings (SSSR count). The summed E-state index contributed by atoms with van der Waals surface area (Å²) in [6.07, 6.45) is 12.9. The molecule has 0 aromatic carbocycles. The second kappa shape index (κ2) is 5.76. The average Bonchev–Trinajstić information content (AvgIpc) is 2.36. The van der Waals surface area contributed by atoms with Crippen LogP contribution in [0, 0.1) is 10.8 Å². The number of rotatable bonds is 0. The molecule has 3 unspecified atom stereocenters. The van der Waals surface area contributed by atoms with E-state index in [4.69, 9.17) is 4.99 Å². The molecule has 1 aliphatic carbocycles. The van der Waals surface area contributed by atoms with Crippen LogP contribution in [0.2, 0.25) is 0 Å². The van der Waals surface area contributed by atoms with Gasteiger partial charge in [-0.15, -0.1) is 0 Å². The topological polar surface area (TPSA) is 24.7 Å². The first-order chi connectivity index (χ1) is 8.92. The van der Waals surface area contributed by atoms with Gasteiger partial charge in [-0.2, -0.15) is 0 Å². The minimum absolute atomic E-state index is 0.378. The lowest BCUT2D eigenvalue weighted by Crippen LogP contribution is -2.36. The van der Waals surface area contributed by atoms with E-state index in [0.29, 0.717) is 22.9 Å². The zero-order valence-corrected chi connectivity index (χ0v) is 13.2. The average molecular weight is 262 g/mol. The van der Waals surface area contributed by atoms with Crippen LogP contribution in [0.4, 0.5) is 0 Å². The lowest BCUT2D eigenvalue weighted by atomic mass is 9.62. The Hall–Kier alpha value is -0.660. The van der Waals surface area contributed by atoms with E-state index in [1.54, 1.807) is 0 Å². The Labute approximate surface area is 118 Å². The Morgan fingerprint density at radius 1 is 0.895 bits per heavy atom. The van der Waals surface area contributed by atoms with Gasteiger partial charge in [0.25, 0.3) is 0 Å². The van der Waals surface area contributed by atoms with Crippen LogP contribution in [0.15, 0.2) is 9.98 Å². The molecule has 0 saturated heterocycles. The first kappa shape index (κ1) is 14.7. The van der Waals surface area contributed by atoms with Gasteiger partial charge in [0.05, 0.1) is 12.1 Å². The van der Waals surface area contributed by atoms with Crippen LogP contribution in [0.1, 0.15) is 72.6 Å². The maximum Gasteiger partial charge on any atom is 0.0723 e. The molecule has 2 aliphatic rings. The largest absolute Gasteiger partial charge is 0.286 e. The molecule has 1 aliphatic heterocycles. The molecule has 0 aromatic rings. The summed E-state index contributed by atoms with van der Waals surface area (Å²) < 4.78 is 0. The number of hydrogen-bond acceptors (Lipinski definition) is 2. The van der Waals surface area contributed by atoms with Crippen LogP contribution in [0.3, 0.4) is 0 Å². The SMILES string of the molecule is CC(C)(C)C1(C)CCCCCC2N=CC=NC2CC1. The summed E-state index contributed by atoms with van der Waals surface area (Å²) in [6, 6.07) is 0.886. The molecule has 0 aromatic heterocycles. The van der Waals surface area contributed by atoms with Crippen molar-refractivity contribution in [3.05, 3.63) is 0 Å². The molecule has 0 radical (unpaired) electrons. The van der Waals surface area contributed by atoms with Crippen LogP contribution in [-0.4, -0.2) is 24.5 Å². The molecule has 0 spiro atoms. The van der Waals surface area contributed by atoms with Gasteiger partial charge in [0.15, 0.2) is 0 Å². The van der Waals surface area contributed by atoms with Gasteiger partial charge in [-0.3, -0.25) is 9.98 Å². The van der Waals surface area contributed by atoms with Gasteiger partial charge < -0.3 is 0 Å². The number of hydrogen-bond donors (Lipinski definition) is 0. The van der Waals surface area contributed by atoms with Crippen LogP contribution in [0.5, 0.6) is 0 Å². The van der Waals surface area contributed by atoms with Gasteiger partial charge in [0.1, 0.15) is 0 Å². The molecule has 2 heteroatoms. The summed E-state index contributed by atoms with van der Waals surface area (Å²) >= 11 is 0. The van der Waals surface area contributed by atoms with Crippen molar-refractivity contribution in [1.82, 2.24) is 0 Å². The predicted molar refractivity (Wildman–Crippen MR) is 84.4 cm³/mol. The van der Waals surface area contributed by atoms with E-state index in [1.807, 2.05) is 12.4 Å². The highest BCUT2D eigenvalue weighted by Gasteiger charge is 2.38. The summed E-state index contributed by atoms with van der Waals surface area (Å²) in [4.78, 5) is 9.36. The molecule has 0 N–H and O–H groups in total. The van der Waals surface area contributed by atoms with Crippen LogP contribution in [-0.2, 0) is 0 Å². The van der Waals surface area contributed by atoms with E-state index in [2.05, 4.69) is 32.7 Å². The fourth-order valence-corrected chi connectivity index (χ4v) is 3.42. The highest BCUT2D eigenvalue weighted by molar-refractivity contribution is 6.16. The molecule has 1 fully saturated rings. The van der Waals surface area contributed by atoms with E-state index in [9.17, 15) is 0 Å². The molecule has 108 valence electrons. The quantitative estimate of drug-likeness (QED) is 0.606. The van der Waals surface area contributed by atoms with E-state index in [-0.39, 0.29) is 0 Å². The van der Waals surface area contributed by atoms with E-state index in [1.165, 1.54) is 44.9 Å². The predicted octanol–water partition coefficient (Wildman–Crippen LogP) is 4.68. The molecule has 0 bridgehead atoms. The fraction of sp³-hybridized carbons (Fsp3) is 0.882. The summed E-state index contributed by atoms with van der Waals surface area (Å²) in [5.74, 6) is 0. The summed E-state index contributed by atoms with van der Waals surface area (Å²) in [5.41, 5.74) is 0.814. The minimum Gasteiger partial charge on any atom is -0.286 e. The van der Waals surface area contributed by atoms with Crippen molar-refractivity contribution in [3.63, 3.8) is 0 Å². The summed E-state index contributed by atoms with van der Waals surface area (Å²) in [7, 11) is 0. The van der Waals surface area contributed by atoms with Gasteiger partial charge in [-0.25, -0.2) is 0 Å². The first-order valence-electron chi connectivity index (χ1n) is 7.97. The number of nitrogens with zero attached hydrogens (tertiary/aromatic N) is 2. The minimum atomic E-state index is 0.378. The Morgan fingerprint density at radius 2 is 1.53 bits per heavy atom. The zero-order chi connectivity index (χ0) is 13.9. The third kappa shape index (κ3) is 3.46. The van der Waals surface area contributed by atoms with Gasteiger partial charge in [0.2, 0.25) is 0 Å². The highest BCUT2D eigenvalue weighted by atomic mass is 14.9. The smallest absolute Gasteiger partial charge is 0.0723 e. The first-order valence-corrected chi connectivity index (χ1v) is 7.97. The van der Waals surface area contributed by atoms with Crippen LogP contribution >= 0.6 is 0 Å². The number of aliphatic imine (C=N–C) groups is 2. The van der Waals surface area contributed by atoms with Crippen molar-refractivity contribution in [2.24, 2.45) is 20.8 Å². The van der Waals surface area contributed by atoms with Crippen molar-refractivity contribution < 1.29 is 0 Å². The zero-order valence-electron chi connectivity index (χ0n) is 13.2. The number of fused-ring (bicyclic) bond motifs is 1. The van der Waals surface area contributed by atoms with E-state index < -0.39 is 0 Å². The molecule has 19 heavy (non-hydrogen) atoms. The van der Waals surface area contributed by atoms with Crippen molar-refractivity contribution in [1.29, 1.82) is 0 Å². The van der Waals surface area contributed by atoms with Gasteiger partial charge in [0, 0.05) is 12.4 Å². The van der Waals surface area contributed by atoms with Crippen LogP contribution < -0.4 is 0 Å². The Bertz CT molecular complexity index is 351. The molecule has 3 atom stereocenters. The van der Waals surface area contributed by atoms with Crippen molar-refractivity contribution in [2.45, 2.75) is 84.7 Å². The maximum atomic E-state index is 4.70. The van der Waals surface area contributed by atoms with Gasteiger partial charge in [-0.1, -0.05) is 47.0 Å². The highest BCUT2D eigenvalue weighted by Crippen LogP contribution is 2.47.